The molecule has 0 rings (SSSR count). The molecular weight excluding hydrogens is 346 g/mol. The van der Waals surface area contributed by atoms with Gasteiger partial charge >= 0.3 is 18.0 Å². The van der Waals surface area contributed by atoms with Crippen LogP contribution in [0.4, 0.5) is 4.79 Å². The van der Waals surface area contributed by atoms with Gasteiger partial charge in [-0.05, 0) is 12.8 Å². The van der Waals surface area contributed by atoms with E-state index in [4.69, 9.17) is 9.47 Å². The fraction of sp³-hybridized carbons (Fsp3) is 0.824. The van der Waals surface area contributed by atoms with E-state index in [9.17, 15) is 19.5 Å². The Kier molecular flexibility index (Phi) is 11.3. The molecule has 1 amide bonds. The van der Waals surface area contributed by atoms with Crippen LogP contribution in [0.2, 0.25) is 0 Å². The smallest absolute Gasteiger partial charge is 0.410 e. The Bertz CT molecular complexity index is 437. The van der Waals surface area contributed by atoms with E-state index in [2.05, 4.69) is 5.32 Å². The summed E-state index contributed by atoms with van der Waals surface area (Å²) in [5, 5.41) is 11.2. The van der Waals surface area contributed by atoms with Gasteiger partial charge in [0.05, 0.1) is 5.92 Å². The van der Waals surface area contributed by atoms with Crippen molar-refractivity contribution in [1.29, 1.82) is 0 Å². The lowest BCUT2D eigenvalue weighted by atomic mass is 10.2. The molecule has 2 atom stereocenters. The van der Waals surface area contributed by atoms with Crippen molar-refractivity contribution in [3.8, 4) is 0 Å². The Labute approximate surface area is 154 Å². The van der Waals surface area contributed by atoms with Gasteiger partial charge in [-0.25, -0.2) is 4.79 Å². The number of carbonyl (C=O) groups is 3. The fourth-order valence-electron chi connectivity index (χ4n) is 1.78. The van der Waals surface area contributed by atoms with Crippen molar-refractivity contribution in [1.82, 2.24) is 5.32 Å². The lowest BCUT2D eigenvalue weighted by molar-refractivity contribution is -0.178. The van der Waals surface area contributed by atoms with E-state index < -0.39 is 29.6 Å². The molecule has 0 aliphatic rings. The standard InChI is InChI=1S/C17H31NO6S/c1-7-12(8-2)25-13(14(19)20)9-18-17(22)24-16(11(5)6)23-15(21)10(3)4/h10-13,16H,7-9H2,1-6H3,(H,18,22)(H,19,20)/t13-,16-/m0/s1. The van der Waals surface area contributed by atoms with Gasteiger partial charge in [0.15, 0.2) is 0 Å². The maximum absolute atomic E-state index is 11.9. The van der Waals surface area contributed by atoms with Crippen LogP contribution in [0.15, 0.2) is 0 Å². The highest BCUT2D eigenvalue weighted by Gasteiger charge is 2.26. The van der Waals surface area contributed by atoms with Crippen molar-refractivity contribution in [2.75, 3.05) is 6.54 Å². The van der Waals surface area contributed by atoms with Gasteiger partial charge in [0.25, 0.3) is 6.29 Å². The third kappa shape index (κ3) is 9.57. The number of esters is 1. The first-order valence-electron chi connectivity index (χ1n) is 8.65. The van der Waals surface area contributed by atoms with Crippen LogP contribution in [0, 0.1) is 11.8 Å². The first kappa shape index (κ1) is 23.6. The number of hydrogen-bond donors (Lipinski definition) is 2. The van der Waals surface area contributed by atoms with Crippen LogP contribution in [-0.4, -0.2) is 46.5 Å². The number of carbonyl (C=O) groups excluding carboxylic acids is 2. The van der Waals surface area contributed by atoms with Crippen molar-refractivity contribution in [3.05, 3.63) is 0 Å². The number of ether oxygens (including phenoxy) is 2. The highest BCUT2D eigenvalue weighted by Crippen LogP contribution is 2.23. The minimum Gasteiger partial charge on any atom is -0.480 e. The Morgan fingerprint density at radius 1 is 1.04 bits per heavy atom. The molecule has 0 aliphatic heterocycles. The topological polar surface area (TPSA) is 102 Å². The van der Waals surface area contributed by atoms with E-state index >= 15 is 0 Å². The molecule has 0 aromatic heterocycles. The molecule has 0 aliphatic carbocycles. The van der Waals surface area contributed by atoms with Gasteiger partial charge in [-0.1, -0.05) is 41.5 Å². The van der Waals surface area contributed by atoms with Gasteiger partial charge in [0, 0.05) is 17.7 Å². The summed E-state index contributed by atoms with van der Waals surface area (Å²) in [5.41, 5.74) is 0. The van der Waals surface area contributed by atoms with E-state index in [1.165, 1.54) is 11.8 Å². The van der Waals surface area contributed by atoms with Crippen LogP contribution in [0.1, 0.15) is 54.4 Å². The molecule has 0 unspecified atom stereocenters. The second-order valence-corrected chi connectivity index (χ2v) is 7.90. The van der Waals surface area contributed by atoms with E-state index in [1.54, 1.807) is 27.7 Å². The maximum Gasteiger partial charge on any atom is 0.410 e. The molecule has 146 valence electrons. The highest BCUT2D eigenvalue weighted by atomic mass is 32.2. The predicted molar refractivity (Wildman–Crippen MR) is 97.4 cm³/mol. The monoisotopic (exact) mass is 377 g/mol. The minimum absolute atomic E-state index is 0.0573. The highest BCUT2D eigenvalue weighted by molar-refractivity contribution is 8.01. The van der Waals surface area contributed by atoms with Crippen LogP contribution < -0.4 is 5.32 Å². The first-order chi connectivity index (χ1) is 11.6. The van der Waals surface area contributed by atoms with Crippen molar-refractivity contribution in [2.24, 2.45) is 11.8 Å². The average Bonchev–Trinajstić information content (AvgIpc) is 2.53. The second-order valence-electron chi connectivity index (χ2n) is 6.39. The molecule has 25 heavy (non-hydrogen) atoms. The molecule has 0 saturated heterocycles. The van der Waals surface area contributed by atoms with Gasteiger partial charge in [0.2, 0.25) is 0 Å². The molecule has 8 heteroatoms. The average molecular weight is 378 g/mol. The van der Waals surface area contributed by atoms with Gasteiger partial charge in [-0.3, -0.25) is 9.59 Å². The van der Waals surface area contributed by atoms with Crippen LogP contribution >= 0.6 is 11.8 Å². The summed E-state index contributed by atoms with van der Waals surface area (Å²) in [6.07, 6.45) is -0.0946. The predicted octanol–water partition coefficient (Wildman–Crippen LogP) is 3.27. The summed E-state index contributed by atoms with van der Waals surface area (Å²) in [4.78, 5) is 34.9. The molecule has 0 aromatic carbocycles. The zero-order valence-corrected chi connectivity index (χ0v) is 16.7. The van der Waals surface area contributed by atoms with Gasteiger partial charge in [-0.15, -0.1) is 11.8 Å². The molecule has 7 nitrogen and oxygen atoms in total. The van der Waals surface area contributed by atoms with Gasteiger partial charge in [-0.2, -0.15) is 0 Å². The van der Waals surface area contributed by atoms with Crippen molar-refractivity contribution in [3.63, 3.8) is 0 Å². The Balaban J connectivity index is 4.62. The second kappa shape index (κ2) is 12.0. The number of aliphatic carboxylic acids is 1. The lowest BCUT2D eigenvalue weighted by Gasteiger charge is -2.23. The quantitative estimate of drug-likeness (QED) is 0.421. The number of thioether (sulfide) groups is 1. The zero-order chi connectivity index (χ0) is 19.6. The third-order valence-corrected chi connectivity index (χ3v) is 5.19. The molecule has 0 spiro atoms. The van der Waals surface area contributed by atoms with Crippen molar-refractivity contribution >= 4 is 29.8 Å². The molecule has 0 fully saturated rings. The zero-order valence-electron chi connectivity index (χ0n) is 15.9. The maximum atomic E-state index is 11.9. The summed E-state index contributed by atoms with van der Waals surface area (Å²) in [6.45, 7) is 10.8. The molecule has 2 N–H and O–H groups in total. The summed E-state index contributed by atoms with van der Waals surface area (Å²) in [5.74, 6) is -1.99. The van der Waals surface area contributed by atoms with E-state index in [-0.39, 0.29) is 23.6 Å². The molecular formula is C17H31NO6S. The number of hydrogen-bond acceptors (Lipinski definition) is 6. The largest absolute Gasteiger partial charge is 0.480 e. The SMILES string of the molecule is CCC(CC)S[C@@H](CNC(=O)O[C@H](OC(=O)C(C)C)C(C)C)C(=O)O. The Morgan fingerprint density at radius 2 is 1.60 bits per heavy atom. The molecule has 0 aromatic rings. The van der Waals surface area contributed by atoms with Crippen molar-refractivity contribution < 1.29 is 29.0 Å². The molecule has 0 heterocycles. The summed E-state index contributed by atoms with van der Waals surface area (Å²) in [7, 11) is 0. The summed E-state index contributed by atoms with van der Waals surface area (Å²) in [6, 6.07) is 0. The summed E-state index contributed by atoms with van der Waals surface area (Å²) < 4.78 is 10.3. The Hall–Kier alpha value is -1.44. The number of alkyl carbamates (subject to hydrolysis) is 1. The fourth-order valence-corrected chi connectivity index (χ4v) is 2.92. The number of nitrogens with one attached hydrogen (secondary N) is 1. The summed E-state index contributed by atoms with van der Waals surface area (Å²) >= 11 is 1.32. The number of rotatable bonds is 11. The van der Waals surface area contributed by atoms with Gasteiger partial charge < -0.3 is 19.9 Å². The molecule has 0 saturated carbocycles. The first-order valence-corrected chi connectivity index (χ1v) is 9.59. The number of carboxylic acid groups (broad SMARTS) is 1. The van der Waals surface area contributed by atoms with Crippen LogP contribution in [0.25, 0.3) is 0 Å². The van der Waals surface area contributed by atoms with E-state index in [0.717, 1.165) is 12.8 Å². The van der Waals surface area contributed by atoms with Crippen LogP contribution in [0.5, 0.6) is 0 Å². The lowest BCUT2D eigenvalue weighted by Crippen LogP contribution is -2.40. The van der Waals surface area contributed by atoms with E-state index in [0.29, 0.717) is 0 Å². The van der Waals surface area contributed by atoms with Gasteiger partial charge in [0.1, 0.15) is 5.25 Å². The molecule has 0 bridgehead atoms. The third-order valence-electron chi connectivity index (χ3n) is 3.45. The normalized spacial score (nSPS) is 13.6. The van der Waals surface area contributed by atoms with Crippen LogP contribution in [0.3, 0.4) is 0 Å². The van der Waals surface area contributed by atoms with Crippen LogP contribution in [-0.2, 0) is 19.1 Å². The molecule has 0 radical (unpaired) electrons. The Morgan fingerprint density at radius 3 is 2.00 bits per heavy atom. The number of carboxylic acids is 1. The van der Waals surface area contributed by atoms with E-state index in [1.807, 2.05) is 13.8 Å². The number of amides is 1. The van der Waals surface area contributed by atoms with Crippen molar-refractivity contribution in [2.45, 2.75) is 71.2 Å². The minimum atomic E-state index is -1.01.